The maximum atomic E-state index is 12.3. The molecule has 3 heterocycles. The van der Waals surface area contributed by atoms with Gasteiger partial charge in [-0.15, -0.1) is 0 Å². The second kappa shape index (κ2) is 6.35. The number of hydrogen-bond acceptors (Lipinski definition) is 4. The molecule has 2 saturated heterocycles. The second-order valence-corrected chi connectivity index (χ2v) is 8.24. The Kier molecular flexibility index (Phi) is 4.51. The quantitative estimate of drug-likeness (QED) is 0.843. The van der Waals surface area contributed by atoms with E-state index >= 15 is 0 Å². The average Bonchev–Trinajstić information content (AvgIpc) is 2.92. The maximum absolute atomic E-state index is 12.3. The molecule has 2 aliphatic heterocycles. The summed E-state index contributed by atoms with van der Waals surface area (Å²) in [6, 6.07) is 2.03. The van der Waals surface area contributed by atoms with Crippen LogP contribution in [0.5, 0.6) is 0 Å². The summed E-state index contributed by atoms with van der Waals surface area (Å²) >= 11 is 0. The van der Waals surface area contributed by atoms with Crippen LogP contribution in [0.15, 0.2) is 12.3 Å². The van der Waals surface area contributed by atoms with E-state index in [1.54, 1.807) is 11.1 Å². The topological polar surface area (TPSA) is 76.5 Å². The van der Waals surface area contributed by atoms with E-state index in [0.717, 1.165) is 18.5 Å². The van der Waals surface area contributed by atoms with Gasteiger partial charge in [0.05, 0.1) is 0 Å². The van der Waals surface area contributed by atoms with Gasteiger partial charge in [-0.1, -0.05) is 0 Å². The number of hydrogen-bond donors (Lipinski definition) is 1. The van der Waals surface area contributed by atoms with Gasteiger partial charge in [0.25, 0.3) is 0 Å². The van der Waals surface area contributed by atoms with Crippen molar-refractivity contribution in [1.82, 2.24) is 20.0 Å². The molecule has 2 fully saturated rings. The lowest BCUT2D eigenvalue weighted by Crippen LogP contribution is -2.53. The predicted octanol–water partition coefficient (Wildman–Crippen LogP) is 2.04. The first kappa shape index (κ1) is 17.8. The SMILES string of the molecule is Cn1nccc1C1CNC(=O)CC12CCN(C(=O)OC(C)(C)C)CC2. The number of nitrogens with one attached hydrogen (secondary N) is 1. The van der Waals surface area contributed by atoms with E-state index in [9.17, 15) is 9.59 Å². The fourth-order valence-electron chi connectivity index (χ4n) is 4.07. The fourth-order valence-corrected chi connectivity index (χ4v) is 4.07. The smallest absolute Gasteiger partial charge is 0.410 e. The van der Waals surface area contributed by atoms with Crippen LogP contribution in [-0.2, 0) is 16.6 Å². The Balaban J connectivity index is 1.75. The number of carbonyl (C=O) groups is 2. The van der Waals surface area contributed by atoms with Crippen LogP contribution in [0.4, 0.5) is 4.79 Å². The molecule has 0 aromatic carbocycles. The highest BCUT2D eigenvalue weighted by Crippen LogP contribution is 2.48. The molecule has 1 aromatic rings. The van der Waals surface area contributed by atoms with Crippen LogP contribution in [-0.4, -0.2) is 51.9 Å². The molecule has 1 spiro atoms. The molecule has 1 N–H and O–H groups in total. The Hall–Kier alpha value is -2.05. The zero-order valence-electron chi connectivity index (χ0n) is 15.5. The molecule has 0 saturated carbocycles. The summed E-state index contributed by atoms with van der Waals surface area (Å²) < 4.78 is 7.38. The summed E-state index contributed by atoms with van der Waals surface area (Å²) in [6.45, 7) is 7.50. The van der Waals surface area contributed by atoms with Gasteiger partial charge in [0.1, 0.15) is 5.60 Å². The van der Waals surface area contributed by atoms with Crippen molar-refractivity contribution in [2.24, 2.45) is 12.5 Å². The van der Waals surface area contributed by atoms with Crippen molar-refractivity contribution in [3.63, 3.8) is 0 Å². The minimum atomic E-state index is -0.492. The molecule has 0 aliphatic carbocycles. The standard InChI is InChI=1S/C18H28N4O3/c1-17(2,3)25-16(24)22-9-6-18(7-10-22)11-15(23)19-12-13(18)14-5-8-20-21(14)4/h5,8,13H,6-7,9-12H2,1-4H3,(H,19,23). The van der Waals surface area contributed by atoms with E-state index in [1.165, 1.54) is 0 Å². The Morgan fingerprint density at radius 2 is 2.04 bits per heavy atom. The van der Waals surface area contributed by atoms with Crippen LogP contribution in [0.25, 0.3) is 0 Å². The number of aryl methyl sites for hydroxylation is 1. The lowest BCUT2D eigenvalue weighted by molar-refractivity contribution is -0.128. The highest BCUT2D eigenvalue weighted by atomic mass is 16.6. The number of piperidine rings is 2. The van der Waals surface area contributed by atoms with Gasteiger partial charge in [-0.05, 0) is 45.1 Å². The van der Waals surface area contributed by atoms with Crippen molar-refractivity contribution in [2.75, 3.05) is 19.6 Å². The Bertz CT molecular complexity index is 654. The van der Waals surface area contributed by atoms with Crippen LogP contribution in [0.3, 0.4) is 0 Å². The molecule has 0 bridgehead atoms. The van der Waals surface area contributed by atoms with Gasteiger partial charge < -0.3 is 15.0 Å². The first-order valence-corrected chi connectivity index (χ1v) is 8.93. The van der Waals surface area contributed by atoms with Crippen molar-refractivity contribution in [3.05, 3.63) is 18.0 Å². The van der Waals surface area contributed by atoms with Crippen molar-refractivity contribution in [3.8, 4) is 0 Å². The summed E-state index contributed by atoms with van der Waals surface area (Å²) in [5.74, 6) is 0.322. The molecule has 1 atom stereocenters. The predicted molar refractivity (Wildman–Crippen MR) is 93.0 cm³/mol. The molecular formula is C18H28N4O3. The molecule has 2 aliphatic rings. The zero-order chi connectivity index (χ0) is 18.2. The van der Waals surface area contributed by atoms with Gasteiger partial charge in [-0.2, -0.15) is 5.10 Å². The van der Waals surface area contributed by atoms with Crippen molar-refractivity contribution in [2.45, 2.75) is 51.6 Å². The zero-order valence-corrected chi connectivity index (χ0v) is 15.5. The molecular weight excluding hydrogens is 320 g/mol. The highest BCUT2D eigenvalue weighted by molar-refractivity contribution is 5.78. The monoisotopic (exact) mass is 348 g/mol. The van der Waals surface area contributed by atoms with Gasteiger partial charge in [0.15, 0.2) is 0 Å². The Morgan fingerprint density at radius 3 is 2.60 bits per heavy atom. The molecule has 25 heavy (non-hydrogen) atoms. The van der Waals surface area contributed by atoms with Crippen LogP contribution in [0.2, 0.25) is 0 Å². The Labute approximate surface area is 148 Å². The number of rotatable bonds is 1. The molecule has 7 heteroatoms. The lowest BCUT2D eigenvalue weighted by Gasteiger charge is -2.48. The van der Waals surface area contributed by atoms with Crippen molar-refractivity contribution >= 4 is 12.0 Å². The summed E-state index contributed by atoms with van der Waals surface area (Å²) in [5.41, 5.74) is 0.536. The van der Waals surface area contributed by atoms with E-state index in [4.69, 9.17) is 4.74 Å². The number of aromatic nitrogens is 2. The van der Waals surface area contributed by atoms with Gasteiger partial charge in [0, 0.05) is 50.9 Å². The minimum absolute atomic E-state index is 0.101. The van der Waals surface area contributed by atoms with Gasteiger partial charge in [0.2, 0.25) is 5.91 Å². The maximum Gasteiger partial charge on any atom is 0.410 e. The second-order valence-electron chi connectivity index (χ2n) is 8.24. The van der Waals surface area contributed by atoms with Crippen LogP contribution in [0, 0.1) is 5.41 Å². The van der Waals surface area contributed by atoms with Gasteiger partial charge in [-0.25, -0.2) is 4.79 Å². The van der Waals surface area contributed by atoms with E-state index in [1.807, 2.05) is 38.6 Å². The third-order valence-electron chi connectivity index (χ3n) is 5.38. The van der Waals surface area contributed by atoms with Gasteiger partial charge >= 0.3 is 6.09 Å². The average molecular weight is 348 g/mol. The van der Waals surface area contributed by atoms with Crippen LogP contribution >= 0.6 is 0 Å². The number of carbonyl (C=O) groups excluding carboxylic acids is 2. The molecule has 3 rings (SSSR count). The third-order valence-corrected chi connectivity index (χ3v) is 5.38. The van der Waals surface area contributed by atoms with E-state index in [-0.39, 0.29) is 23.3 Å². The van der Waals surface area contributed by atoms with Crippen molar-refractivity contribution in [1.29, 1.82) is 0 Å². The number of likely N-dealkylation sites (tertiary alicyclic amines) is 1. The first-order chi connectivity index (χ1) is 11.7. The molecule has 7 nitrogen and oxygen atoms in total. The van der Waals surface area contributed by atoms with E-state index in [2.05, 4.69) is 10.4 Å². The van der Waals surface area contributed by atoms with Crippen molar-refractivity contribution < 1.29 is 14.3 Å². The summed E-state index contributed by atoms with van der Waals surface area (Å²) in [5, 5.41) is 7.29. The molecule has 138 valence electrons. The Morgan fingerprint density at radius 1 is 1.36 bits per heavy atom. The number of nitrogens with zero attached hydrogens (tertiary/aromatic N) is 3. The number of amides is 2. The molecule has 0 radical (unpaired) electrons. The van der Waals surface area contributed by atoms with Crippen LogP contribution in [0.1, 0.15) is 51.6 Å². The largest absolute Gasteiger partial charge is 0.444 e. The normalized spacial score (nSPS) is 23.4. The highest BCUT2D eigenvalue weighted by Gasteiger charge is 2.48. The van der Waals surface area contributed by atoms with E-state index < -0.39 is 5.60 Å². The summed E-state index contributed by atoms with van der Waals surface area (Å²) in [4.78, 5) is 26.2. The number of ether oxygens (including phenoxy) is 1. The molecule has 1 unspecified atom stereocenters. The van der Waals surface area contributed by atoms with Crippen LogP contribution < -0.4 is 5.32 Å². The third kappa shape index (κ3) is 3.65. The van der Waals surface area contributed by atoms with E-state index in [0.29, 0.717) is 26.1 Å². The van der Waals surface area contributed by atoms with Gasteiger partial charge in [-0.3, -0.25) is 9.48 Å². The summed E-state index contributed by atoms with van der Waals surface area (Å²) in [7, 11) is 1.94. The lowest BCUT2D eigenvalue weighted by atomic mass is 9.63. The minimum Gasteiger partial charge on any atom is -0.444 e. The molecule has 2 amide bonds. The summed E-state index contributed by atoms with van der Waals surface area (Å²) in [6.07, 6.45) is 3.64. The first-order valence-electron chi connectivity index (χ1n) is 8.93. The molecule has 1 aromatic heterocycles. The fraction of sp³-hybridized carbons (Fsp3) is 0.722.